The molecule has 0 unspecified atom stereocenters. The van der Waals surface area contributed by atoms with Gasteiger partial charge < -0.3 is 15.2 Å². The number of carbonyl (C=O) groups excluding carboxylic acids is 2. The SMILES string of the molecule is Cc1cccc(CNC(=O)c2ccc(=O)n(CC(=O)NC3CCCCC3)c2)n1. The molecule has 0 bridgehead atoms. The summed E-state index contributed by atoms with van der Waals surface area (Å²) in [6.45, 7) is 2.09. The Morgan fingerprint density at radius 2 is 1.93 bits per heavy atom. The van der Waals surface area contributed by atoms with Crippen LogP contribution in [-0.4, -0.2) is 27.4 Å². The molecule has 1 fully saturated rings. The number of aryl methyl sites for hydroxylation is 1. The number of rotatable bonds is 6. The Hall–Kier alpha value is -2.96. The Morgan fingerprint density at radius 1 is 1.14 bits per heavy atom. The molecule has 1 saturated carbocycles. The molecule has 3 rings (SSSR count). The van der Waals surface area contributed by atoms with Gasteiger partial charge in [0, 0.05) is 24.0 Å². The van der Waals surface area contributed by atoms with Crippen molar-refractivity contribution in [3.63, 3.8) is 0 Å². The summed E-state index contributed by atoms with van der Waals surface area (Å²) in [4.78, 5) is 41.1. The first-order valence-corrected chi connectivity index (χ1v) is 9.72. The van der Waals surface area contributed by atoms with E-state index in [-0.39, 0.29) is 30.0 Å². The molecule has 0 saturated heterocycles. The van der Waals surface area contributed by atoms with E-state index >= 15 is 0 Å². The summed E-state index contributed by atoms with van der Waals surface area (Å²) < 4.78 is 1.28. The number of amides is 2. The Labute approximate surface area is 164 Å². The number of nitrogens with zero attached hydrogens (tertiary/aromatic N) is 2. The van der Waals surface area contributed by atoms with E-state index in [1.54, 1.807) is 0 Å². The zero-order valence-electron chi connectivity index (χ0n) is 16.1. The lowest BCUT2D eigenvalue weighted by molar-refractivity contribution is -0.122. The largest absolute Gasteiger partial charge is 0.352 e. The third-order valence-corrected chi connectivity index (χ3v) is 4.91. The number of nitrogens with one attached hydrogen (secondary N) is 2. The molecule has 1 aliphatic rings. The van der Waals surface area contributed by atoms with E-state index < -0.39 is 0 Å². The first-order valence-electron chi connectivity index (χ1n) is 9.72. The van der Waals surface area contributed by atoms with E-state index in [4.69, 9.17) is 0 Å². The van der Waals surface area contributed by atoms with E-state index in [2.05, 4.69) is 15.6 Å². The van der Waals surface area contributed by atoms with E-state index in [9.17, 15) is 14.4 Å². The molecule has 2 heterocycles. The summed E-state index contributed by atoms with van der Waals surface area (Å²) in [5.74, 6) is -0.514. The van der Waals surface area contributed by atoms with Crippen molar-refractivity contribution < 1.29 is 9.59 Å². The molecule has 7 heteroatoms. The minimum Gasteiger partial charge on any atom is -0.352 e. The van der Waals surface area contributed by atoms with Crippen molar-refractivity contribution in [3.8, 4) is 0 Å². The molecule has 2 amide bonds. The van der Waals surface area contributed by atoms with Crippen molar-refractivity contribution in [3.05, 3.63) is 63.8 Å². The maximum Gasteiger partial charge on any atom is 0.253 e. The number of hydrogen-bond donors (Lipinski definition) is 2. The van der Waals surface area contributed by atoms with Gasteiger partial charge in [0.05, 0.1) is 17.8 Å². The van der Waals surface area contributed by atoms with Crippen LogP contribution in [0.3, 0.4) is 0 Å². The maximum atomic E-state index is 12.4. The quantitative estimate of drug-likeness (QED) is 0.798. The highest BCUT2D eigenvalue weighted by Crippen LogP contribution is 2.17. The summed E-state index contributed by atoms with van der Waals surface area (Å²) in [5.41, 5.74) is 1.66. The van der Waals surface area contributed by atoms with Gasteiger partial charge in [-0.2, -0.15) is 0 Å². The van der Waals surface area contributed by atoms with Gasteiger partial charge in [0.25, 0.3) is 11.5 Å². The van der Waals surface area contributed by atoms with Crippen molar-refractivity contribution in [2.24, 2.45) is 0 Å². The Kier molecular flexibility index (Phi) is 6.57. The second kappa shape index (κ2) is 9.30. The van der Waals surface area contributed by atoms with Gasteiger partial charge in [-0.25, -0.2) is 0 Å². The van der Waals surface area contributed by atoms with Crippen LogP contribution in [0, 0.1) is 6.92 Å². The Balaban J connectivity index is 1.60. The minimum absolute atomic E-state index is 0.0874. The van der Waals surface area contributed by atoms with Crippen LogP contribution in [0.15, 0.2) is 41.3 Å². The topological polar surface area (TPSA) is 93.1 Å². The van der Waals surface area contributed by atoms with E-state index in [0.717, 1.165) is 37.1 Å². The maximum absolute atomic E-state index is 12.4. The van der Waals surface area contributed by atoms with Crippen LogP contribution in [0.4, 0.5) is 0 Å². The van der Waals surface area contributed by atoms with Crippen LogP contribution in [0.5, 0.6) is 0 Å². The predicted molar refractivity (Wildman–Crippen MR) is 106 cm³/mol. The van der Waals surface area contributed by atoms with Crippen molar-refractivity contribution >= 4 is 11.8 Å². The van der Waals surface area contributed by atoms with Gasteiger partial charge in [-0.15, -0.1) is 0 Å². The first kappa shape index (κ1) is 19.8. The highest BCUT2D eigenvalue weighted by molar-refractivity contribution is 5.93. The van der Waals surface area contributed by atoms with Crippen LogP contribution in [0.25, 0.3) is 0 Å². The second-order valence-corrected chi connectivity index (χ2v) is 7.24. The summed E-state index contributed by atoms with van der Waals surface area (Å²) in [5, 5.41) is 5.78. The number of pyridine rings is 2. The summed E-state index contributed by atoms with van der Waals surface area (Å²) >= 11 is 0. The molecule has 0 aliphatic heterocycles. The van der Waals surface area contributed by atoms with Gasteiger partial charge in [-0.05, 0) is 38.0 Å². The third-order valence-electron chi connectivity index (χ3n) is 4.91. The molecular weight excluding hydrogens is 356 g/mol. The minimum atomic E-state index is -0.315. The van der Waals surface area contributed by atoms with E-state index in [1.807, 2.05) is 25.1 Å². The monoisotopic (exact) mass is 382 g/mol. The van der Waals surface area contributed by atoms with Gasteiger partial charge >= 0.3 is 0 Å². The number of hydrogen-bond acceptors (Lipinski definition) is 4. The fraction of sp³-hybridized carbons (Fsp3) is 0.429. The van der Waals surface area contributed by atoms with Crippen LogP contribution < -0.4 is 16.2 Å². The molecule has 2 aromatic heterocycles. The Bertz CT molecular complexity index is 901. The van der Waals surface area contributed by atoms with Gasteiger partial charge in [0.2, 0.25) is 5.91 Å². The van der Waals surface area contributed by atoms with Crippen molar-refractivity contribution in [1.29, 1.82) is 0 Å². The van der Waals surface area contributed by atoms with Crippen molar-refractivity contribution in [2.75, 3.05) is 0 Å². The molecule has 28 heavy (non-hydrogen) atoms. The second-order valence-electron chi connectivity index (χ2n) is 7.24. The normalized spacial score (nSPS) is 14.5. The molecule has 1 aliphatic carbocycles. The summed E-state index contributed by atoms with van der Waals surface area (Å²) in [6.07, 6.45) is 6.85. The zero-order valence-corrected chi connectivity index (χ0v) is 16.1. The standard InChI is InChI=1S/C21H26N4O3/c1-15-6-5-9-18(23-15)12-22-21(28)16-10-11-20(27)25(13-16)14-19(26)24-17-7-3-2-4-8-17/h5-6,9-11,13,17H,2-4,7-8,12,14H2,1H3,(H,22,28)(H,24,26). The van der Waals surface area contributed by atoms with Crippen molar-refractivity contribution in [1.82, 2.24) is 20.2 Å². The summed E-state index contributed by atoms with van der Waals surface area (Å²) in [7, 11) is 0. The average Bonchev–Trinajstić information content (AvgIpc) is 2.68. The van der Waals surface area contributed by atoms with Crippen LogP contribution >= 0.6 is 0 Å². The predicted octanol–water partition coefficient (Wildman–Crippen LogP) is 1.93. The van der Waals surface area contributed by atoms with Gasteiger partial charge in [0.15, 0.2) is 0 Å². The number of carbonyl (C=O) groups is 2. The summed E-state index contributed by atoms with van der Waals surface area (Å²) in [6, 6.07) is 8.58. The molecule has 0 spiro atoms. The molecule has 0 aromatic carbocycles. The molecule has 148 valence electrons. The smallest absolute Gasteiger partial charge is 0.253 e. The average molecular weight is 382 g/mol. The lowest BCUT2D eigenvalue weighted by Gasteiger charge is -2.22. The molecule has 7 nitrogen and oxygen atoms in total. The fourth-order valence-corrected chi connectivity index (χ4v) is 3.44. The van der Waals surface area contributed by atoms with E-state index in [1.165, 1.54) is 29.3 Å². The lowest BCUT2D eigenvalue weighted by Crippen LogP contribution is -2.40. The zero-order chi connectivity index (χ0) is 19.9. The van der Waals surface area contributed by atoms with Crippen molar-refractivity contribution in [2.45, 2.75) is 58.2 Å². The fourth-order valence-electron chi connectivity index (χ4n) is 3.44. The molecular formula is C21H26N4O3. The highest BCUT2D eigenvalue weighted by atomic mass is 16.2. The first-order chi connectivity index (χ1) is 13.5. The van der Waals surface area contributed by atoms with Gasteiger partial charge in [0.1, 0.15) is 6.54 Å². The van der Waals surface area contributed by atoms with Gasteiger partial charge in [-0.3, -0.25) is 19.4 Å². The third kappa shape index (κ3) is 5.52. The van der Waals surface area contributed by atoms with E-state index in [0.29, 0.717) is 12.1 Å². The molecule has 0 radical (unpaired) electrons. The number of aromatic nitrogens is 2. The van der Waals surface area contributed by atoms with Crippen LogP contribution in [0.2, 0.25) is 0 Å². The van der Waals surface area contributed by atoms with Crippen LogP contribution in [0.1, 0.15) is 53.8 Å². The lowest BCUT2D eigenvalue weighted by atomic mass is 9.95. The Morgan fingerprint density at radius 3 is 2.68 bits per heavy atom. The van der Waals surface area contributed by atoms with Gasteiger partial charge in [-0.1, -0.05) is 25.3 Å². The molecule has 0 atom stereocenters. The highest BCUT2D eigenvalue weighted by Gasteiger charge is 2.16. The van der Waals surface area contributed by atoms with Crippen LogP contribution in [-0.2, 0) is 17.9 Å². The molecule has 2 N–H and O–H groups in total. The molecule has 2 aromatic rings.